The van der Waals surface area contributed by atoms with Crippen LogP contribution in [0.3, 0.4) is 0 Å². The van der Waals surface area contributed by atoms with Crippen LogP contribution in [-0.2, 0) is 12.8 Å². The molecule has 2 nitrogen and oxygen atoms in total. The van der Waals surface area contributed by atoms with Gasteiger partial charge in [0.2, 0.25) is 0 Å². The van der Waals surface area contributed by atoms with Crippen molar-refractivity contribution in [3.63, 3.8) is 0 Å². The minimum absolute atomic E-state index is 1.03. The second kappa shape index (κ2) is 4.99. The van der Waals surface area contributed by atoms with E-state index in [-0.39, 0.29) is 0 Å². The third-order valence-electron chi connectivity index (χ3n) is 4.35. The number of aromatic nitrogens is 2. The zero-order valence-corrected chi connectivity index (χ0v) is 13.7. The molecule has 1 aliphatic carbocycles. The molecule has 2 aromatic heterocycles. The lowest BCUT2D eigenvalue weighted by molar-refractivity contribution is 0.686. The molecule has 3 aromatic rings. The highest BCUT2D eigenvalue weighted by Gasteiger charge is 2.12. The number of rotatable bonds is 1. The molecule has 0 spiro atoms. The number of imidazole rings is 1. The molecule has 0 saturated carbocycles. The van der Waals surface area contributed by atoms with Crippen LogP contribution in [0.25, 0.3) is 16.9 Å². The zero-order chi connectivity index (χ0) is 14.4. The lowest BCUT2D eigenvalue weighted by Crippen LogP contribution is -2.02. The predicted octanol–water partition coefficient (Wildman–Crippen LogP) is 4.95. The summed E-state index contributed by atoms with van der Waals surface area (Å²) in [4.78, 5) is 4.81. The van der Waals surface area contributed by atoms with Crippen LogP contribution >= 0.6 is 15.9 Å². The number of nitrogens with zero attached hydrogens (tertiary/aromatic N) is 2. The van der Waals surface area contributed by atoms with E-state index in [0.717, 1.165) is 15.8 Å². The second-order valence-electron chi connectivity index (χ2n) is 5.89. The first kappa shape index (κ1) is 13.1. The minimum atomic E-state index is 1.03. The van der Waals surface area contributed by atoms with Crippen LogP contribution in [0, 0.1) is 6.92 Å². The fourth-order valence-corrected chi connectivity index (χ4v) is 3.82. The van der Waals surface area contributed by atoms with Gasteiger partial charge in [-0.05, 0) is 77.4 Å². The van der Waals surface area contributed by atoms with Crippen LogP contribution in [-0.4, -0.2) is 9.38 Å². The maximum atomic E-state index is 4.81. The molecular weight excluding hydrogens is 324 g/mol. The van der Waals surface area contributed by atoms with Gasteiger partial charge in [0.15, 0.2) is 0 Å². The average molecular weight is 341 g/mol. The summed E-state index contributed by atoms with van der Waals surface area (Å²) in [5.41, 5.74) is 7.54. The van der Waals surface area contributed by atoms with Crippen molar-refractivity contribution in [3.8, 4) is 11.3 Å². The summed E-state index contributed by atoms with van der Waals surface area (Å²) in [6.07, 6.45) is 9.27. The van der Waals surface area contributed by atoms with Crippen LogP contribution in [0.1, 0.15) is 29.5 Å². The summed E-state index contributed by atoms with van der Waals surface area (Å²) >= 11 is 3.55. The van der Waals surface area contributed by atoms with Crippen molar-refractivity contribution in [1.29, 1.82) is 0 Å². The quantitative estimate of drug-likeness (QED) is 0.612. The molecule has 1 aromatic carbocycles. The molecule has 0 fully saturated rings. The van der Waals surface area contributed by atoms with Gasteiger partial charge in [-0.2, -0.15) is 0 Å². The number of hydrogen-bond donors (Lipinski definition) is 0. The molecule has 0 unspecified atom stereocenters. The topological polar surface area (TPSA) is 17.3 Å². The Balaban J connectivity index is 1.84. The second-order valence-corrected chi connectivity index (χ2v) is 6.80. The van der Waals surface area contributed by atoms with E-state index in [1.54, 1.807) is 0 Å². The van der Waals surface area contributed by atoms with Crippen LogP contribution in [0.15, 0.2) is 41.1 Å². The molecular formula is C18H17BrN2. The van der Waals surface area contributed by atoms with E-state index in [2.05, 4.69) is 63.9 Å². The van der Waals surface area contributed by atoms with Crippen LogP contribution in [0.2, 0.25) is 0 Å². The summed E-state index contributed by atoms with van der Waals surface area (Å²) in [7, 11) is 0. The standard InChI is InChI=1S/C18H17BrN2/c1-12-8-16(19)10-21-11-17(20-18(12)21)15-7-6-13-4-2-3-5-14(13)9-15/h6-11H,2-5H2,1H3. The molecule has 0 saturated heterocycles. The van der Waals surface area contributed by atoms with E-state index in [0.29, 0.717) is 0 Å². The van der Waals surface area contributed by atoms with Gasteiger partial charge in [0.05, 0.1) is 5.69 Å². The monoisotopic (exact) mass is 340 g/mol. The maximum absolute atomic E-state index is 4.81. The van der Waals surface area contributed by atoms with Gasteiger partial charge in [0, 0.05) is 22.4 Å². The van der Waals surface area contributed by atoms with Crippen molar-refractivity contribution in [2.45, 2.75) is 32.6 Å². The van der Waals surface area contributed by atoms with Crippen molar-refractivity contribution >= 4 is 21.6 Å². The fraction of sp³-hybridized carbons (Fsp3) is 0.278. The van der Waals surface area contributed by atoms with E-state index in [4.69, 9.17) is 4.98 Å². The number of fused-ring (bicyclic) bond motifs is 2. The third kappa shape index (κ3) is 2.30. The van der Waals surface area contributed by atoms with Gasteiger partial charge in [-0.25, -0.2) is 4.98 Å². The van der Waals surface area contributed by atoms with Gasteiger partial charge >= 0.3 is 0 Å². The Morgan fingerprint density at radius 1 is 1.05 bits per heavy atom. The van der Waals surface area contributed by atoms with Gasteiger partial charge in [-0.1, -0.05) is 12.1 Å². The van der Waals surface area contributed by atoms with E-state index in [1.165, 1.54) is 47.9 Å². The zero-order valence-electron chi connectivity index (χ0n) is 12.1. The molecule has 0 N–H and O–H groups in total. The Morgan fingerprint density at radius 2 is 1.86 bits per heavy atom. The molecule has 0 radical (unpaired) electrons. The van der Waals surface area contributed by atoms with Crippen molar-refractivity contribution in [2.75, 3.05) is 0 Å². The van der Waals surface area contributed by atoms with E-state index in [9.17, 15) is 0 Å². The molecule has 0 aliphatic heterocycles. The lowest BCUT2D eigenvalue weighted by atomic mass is 9.90. The molecule has 0 atom stereocenters. The number of aryl methyl sites for hydroxylation is 3. The molecule has 2 heterocycles. The van der Waals surface area contributed by atoms with Crippen LogP contribution in [0.5, 0.6) is 0 Å². The largest absolute Gasteiger partial charge is 0.305 e. The van der Waals surface area contributed by atoms with Gasteiger partial charge < -0.3 is 4.40 Å². The van der Waals surface area contributed by atoms with Gasteiger partial charge in [0.1, 0.15) is 5.65 Å². The summed E-state index contributed by atoms with van der Waals surface area (Å²) in [6.45, 7) is 2.10. The predicted molar refractivity (Wildman–Crippen MR) is 89.7 cm³/mol. The Hall–Kier alpha value is -1.61. The van der Waals surface area contributed by atoms with Crippen molar-refractivity contribution in [1.82, 2.24) is 9.38 Å². The molecule has 106 valence electrons. The molecule has 21 heavy (non-hydrogen) atoms. The van der Waals surface area contributed by atoms with Gasteiger partial charge in [0.25, 0.3) is 0 Å². The van der Waals surface area contributed by atoms with Crippen LogP contribution in [0.4, 0.5) is 0 Å². The molecule has 4 rings (SSSR count). The smallest absolute Gasteiger partial charge is 0.140 e. The Morgan fingerprint density at radius 3 is 2.71 bits per heavy atom. The number of pyridine rings is 1. The van der Waals surface area contributed by atoms with Crippen molar-refractivity contribution in [2.24, 2.45) is 0 Å². The van der Waals surface area contributed by atoms with E-state index >= 15 is 0 Å². The Kier molecular flexibility index (Phi) is 3.11. The Labute approximate surface area is 133 Å². The highest BCUT2D eigenvalue weighted by Crippen LogP contribution is 2.28. The first-order chi connectivity index (χ1) is 10.2. The summed E-state index contributed by atoms with van der Waals surface area (Å²) < 4.78 is 3.19. The first-order valence-electron chi connectivity index (χ1n) is 7.48. The Bertz CT molecular complexity index is 833. The van der Waals surface area contributed by atoms with E-state index in [1.807, 2.05) is 0 Å². The number of benzene rings is 1. The average Bonchev–Trinajstić information content (AvgIpc) is 2.91. The summed E-state index contributed by atoms with van der Waals surface area (Å²) in [5.74, 6) is 0. The van der Waals surface area contributed by atoms with Gasteiger partial charge in [-0.3, -0.25) is 0 Å². The highest BCUT2D eigenvalue weighted by atomic mass is 79.9. The number of halogens is 1. The third-order valence-corrected chi connectivity index (χ3v) is 4.78. The van der Waals surface area contributed by atoms with Crippen LogP contribution < -0.4 is 0 Å². The molecule has 0 amide bonds. The van der Waals surface area contributed by atoms with Crippen molar-refractivity contribution in [3.05, 3.63) is 57.8 Å². The summed E-state index contributed by atoms with van der Waals surface area (Å²) in [5, 5.41) is 0. The molecule has 1 aliphatic rings. The maximum Gasteiger partial charge on any atom is 0.140 e. The van der Waals surface area contributed by atoms with Gasteiger partial charge in [-0.15, -0.1) is 0 Å². The number of hydrogen-bond acceptors (Lipinski definition) is 1. The molecule has 3 heteroatoms. The lowest BCUT2D eigenvalue weighted by Gasteiger charge is -2.15. The first-order valence-corrected chi connectivity index (χ1v) is 8.27. The SMILES string of the molecule is Cc1cc(Br)cn2cc(-c3ccc4c(c3)CCCC4)nc12. The molecule has 0 bridgehead atoms. The summed E-state index contributed by atoms with van der Waals surface area (Å²) in [6, 6.07) is 8.95. The highest BCUT2D eigenvalue weighted by molar-refractivity contribution is 9.10. The van der Waals surface area contributed by atoms with Crippen molar-refractivity contribution < 1.29 is 0 Å². The minimum Gasteiger partial charge on any atom is -0.305 e. The fourth-order valence-electron chi connectivity index (χ4n) is 3.26. The normalized spacial score (nSPS) is 14.4. The van der Waals surface area contributed by atoms with E-state index < -0.39 is 0 Å².